The van der Waals surface area contributed by atoms with E-state index in [1.54, 1.807) is 40.8 Å². The van der Waals surface area contributed by atoms with Crippen molar-refractivity contribution in [3.63, 3.8) is 0 Å². The van der Waals surface area contributed by atoms with Crippen LogP contribution in [0.5, 0.6) is 0 Å². The molecule has 0 bridgehead atoms. The zero-order chi connectivity index (χ0) is 19.8. The summed E-state index contributed by atoms with van der Waals surface area (Å²) in [6.45, 7) is 0.546. The molecule has 4 nitrogen and oxygen atoms in total. The molecule has 0 saturated carbocycles. The number of hydrogen-bond acceptors (Lipinski definition) is 4. The highest BCUT2D eigenvalue weighted by Crippen LogP contribution is 2.35. The number of carbonyl (C=O) groups is 1. The zero-order valence-corrected chi connectivity index (χ0v) is 16.2. The van der Waals surface area contributed by atoms with Gasteiger partial charge in [-0.15, -0.1) is 11.3 Å². The average Bonchev–Trinajstić information content (AvgIpc) is 3.41. The highest BCUT2D eigenvalue weighted by molar-refractivity contribution is 7.13. The fraction of sp³-hybridized carbons (Fsp3) is 0.0870. The second-order valence-corrected chi connectivity index (χ2v) is 7.67. The predicted molar refractivity (Wildman–Crippen MR) is 113 cm³/mol. The highest BCUT2D eigenvalue weighted by Gasteiger charge is 2.27. The Labute approximate surface area is 171 Å². The van der Waals surface area contributed by atoms with Crippen LogP contribution < -0.4 is 4.90 Å². The van der Waals surface area contributed by atoms with Crippen molar-refractivity contribution in [3.05, 3.63) is 89.3 Å². The minimum atomic E-state index is -0.493. The number of carbonyl (C=O) groups excluding carboxylic acids is 1. The van der Waals surface area contributed by atoms with Gasteiger partial charge in [-0.05, 0) is 48.4 Å². The first-order valence-corrected chi connectivity index (χ1v) is 10.1. The summed E-state index contributed by atoms with van der Waals surface area (Å²) < 4.78 is 14.0. The van der Waals surface area contributed by atoms with Gasteiger partial charge in [-0.2, -0.15) is 0 Å². The van der Waals surface area contributed by atoms with Gasteiger partial charge in [-0.1, -0.05) is 18.2 Å². The summed E-state index contributed by atoms with van der Waals surface area (Å²) >= 11 is 1.58. The minimum absolute atomic E-state index is 0.102. The number of amides is 1. The van der Waals surface area contributed by atoms with Gasteiger partial charge in [0.2, 0.25) is 0 Å². The van der Waals surface area contributed by atoms with Gasteiger partial charge >= 0.3 is 0 Å². The van der Waals surface area contributed by atoms with Crippen molar-refractivity contribution in [2.75, 3.05) is 11.4 Å². The number of pyridine rings is 1. The minimum Gasteiger partial charge on any atom is -0.308 e. The molecule has 29 heavy (non-hydrogen) atoms. The molecule has 142 valence electrons. The molecule has 4 aromatic rings. The van der Waals surface area contributed by atoms with Crippen molar-refractivity contribution < 1.29 is 9.18 Å². The third-order valence-electron chi connectivity index (χ3n) is 5.03. The Hall–Kier alpha value is -3.38. The normalized spacial score (nSPS) is 12.8. The molecule has 6 heteroatoms. The highest BCUT2D eigenvalue weighted by atomic mass is 32.1. The number of hydrogen-bond donors (Lipinski definition) is 0. The molecule has 0 saturated heterocycles. The van der Waals surface area contributed by atoms with Gasteiger partial charge in [0.05, 0.1) is 11.3 Å². The van der Waals surface area contributed by atoms with Crippen molar-refractivity contribution in [1.29, 1.82) is 0 Å². The molecule has 3 heterocycles. The van der Waals surface area contributed by atoms with Crippen LogP contribution in [0.15, 0.2) is 72.4 Å². The number of thiazole rings is 1. The number of nitrogens with zero attached hydrogens (tertiary/aromatic N) is 3. The second-order valence-electron chi connectivity index (χ2n) is 6.81. The number of fused-ring (bicyclic) bond motifs is 1. The predicted octanol–water partition coefficient (Wildman–Crippen LogP) is 5.21. The molecule has 0 N–H and O–H groups in total. The maximum Gasteiger partial charge on any atom is 0.261 e. The fourth-order valence-corrected chi connectivity index (χ4v) is 4.40. The van der Waals surface area contributed by atoms with E-state index >= 15 is 0 Å². The summed E-state index contributed by atoms with van der Waals surface area (Å²) in [6, 6.07) is 16.0. The number of rotatable bonds is 3. The number of aromatic nitrogens is 2. The van der Waals surface area contributed by atoms with E-state index in [0.29, 0.717) is 6.54 Å². The summed E-state index contributed by atoms with van der Waals surface area (Å²) in [4.78, 5) is 23.4. The van der Waals surface area contributed by atoms with Crippen LogP contribution in [-0.2, 0) is 6.42 Å². The molecule has 0 atom stereocenters. The Bertz CT molecular complexity index is 1210. The van der Waals surface area contributed by atoms with E-state index in [1.807, 2.05) is 29.6 Å². The van der Waals surface area contributed by atoms with Gasteiger partial charge < -0.3 is 4.90 Å². The zero-order valence-electron chi connectivity index (χ0n) is 15.4. The van der Waals surface area contributed by atoms with Crippen molar-refractivity contribution >= 4 is 22.9 Å². The van der Waals surface area contributed by atoms with Crippen molar-refractivity contribution in [1.82, 2.24) is 9.97 Å². The Morgan fingerprint density at radius 1 is 1.07 bits per heavy atom. The average molecular weight is 401 g/mol. The van der Waals surface area contributed by atoms with Gasteiger partial charge in [-0.3, -0.25) is 9.78 Å². The molecule has 1 aliphatic heterocycles. The van der Waals surface area contributed by atoms with Crippen LogP contribution in [0.2, 0.25) is 0 Å². The van der Waals surface area contributed by atoms with Gasteiger partial charge in [0.15, 0.2) is 0 Å². The topological polar surface area (TPSA) is 46.1 Å². The van der Waals surface area contributed by atoms with E-state index in [2.05, 4.69) is 11.1 Å². The van der Waals surface area contributed by atoms with Crippen LogP contribution in [0.4, 0.5) is 10.1 Å². The smallest absolute Gasteiger partial charge is 0.261 e. The summed E-state index contributed by atoms with van der Waals surface area (Å²) in [6.07, 6.45) is 4.29. The van der Waals surface area contributed by atoms with Crippen LogP contribution in [0.25, 0.3) is 21.8 Å². The lowest BCUT2D eigenvalue weighted by atomic mass is 10.1. The maximum atomic E-state index is 14.0. The quantitative estimate of drug-likeness (QED) is 0.473. The molecule has 2 aromatic carbocycles. The molecule has 5 rings (SSSR count). The van der Waals surface area contributed by atoms with Crippen LogP contribution in [0.1, 0.15) is 15.9 Å². The molecular weight excluding hydrogens is 385 g/mol. The van der Waals surface area contributed by atoms with E-state index in [9.17, 15) is 9.18 Å². The lowest BCUT2D eigenvalue weighted by Gasteiger charge is -2.18. The third kappa shape index (κ3) is 3.21. The largest absolute Gasteiger partial charge is 0.308 e. The molecular formula is C23H16FN3OS. The SMILES string of the molecule is O=C(c1ccccc1F)N1CCc2cc(-c3csc(-c4cccnc4)n3)ccc21. The van der Waals surface area contributed by atoms with E-state index in [4.69, 9.17) is 4.98 Å². The summed E-state index contributed by atoms with van der Waals surface area (Å²) in [5.41, 5.74) is 4.91. The molecule has 0 fully saturated rings. The Balaban J connectivity index is 1.44. The van der Waals surface area contributed by atoms with Gasteiger partial charge in [-0.25, -0.2) is 9.37 Å². The number of halogens is 1. The first kappa shape index (κ1) is 17.7. The van der Waals surface area contributed by atoms with Crippen molar-refractivity contribution in [3.8, 4) is 21.8 Å². The summed E-state index contributed by atoms with van der Waals surface area (Å²) in [5.74, 6) is -0.796. The van der Waals surface area contributed by atoms with Crippen LogP contribution in [0.3, 0.4) is 0 Å². The third-order valence-corrected chi connectivity index (χ3v) is 5.92. The number of benzene rings is 2. The monoisotopic (exact) mass is 401 g/mol. The fourth-order valence-electron chi connectivity index (χ4n) is 3.58. The molecule has 0 aliphatic carbocycles. The van der Waals surface area contributed by atoms with E-state index < -0.39 is 5.82 Å². The van der Waals surface area contributed by atoms with Gasteiger partial charge in [0.1, 0.15) is 10.8 Å². The standard InChI is InChI=1S/C23H16FN3OS/c24-19-6-2-1-5-18(19)23(28)27-11-9-16-12-15(7-8-21(16)27)20-14-29-22(26-20)17-4-3-10-25-13-17/h1-8,10,12-14H,9,11H2. The molecule has 0 radical (unpaired) electrons. The Morgan fingerprint density at radius 2 is 1.97 bits per heavy atom. The van der Waals surface area contributed by atoms with E-state index in [-0.39, 0.29) is 11.5 Å². The lowest BCUT2D eigenvalue weighted by Crippen LogP contribution is -2.29. The van der Waals surface area contributed by atoms with Crippen LogP contribution in [0, 0.1) is 5.82 Å². The Kier molecular flexibility index (Phi) is 4.41. The molecule has 2 aromatic heterocycles. The van der Waals surface area contributed by atoms with Crippen molar-refractivity contribution in [2.24, 2.45) is 0 Å². The number of anilines is 1. The maximum absolute atomic E-state index is 14.0. The van der Waals surface area contributed by atoms with Crippen LogP contribution in [-0.4, -0.2) is 22.4 Å². The lowest BCUT2D eigenvalue weighted by molar-refractivity contribution is 0.0985. The summed E-state index contributed by atoms with van der Waals surface area (Å²) in [7, 11) is 0. The summed E-state index contributed by atoms with van der Waals surface area (Å²) in [5, 5.41) is 2.95. The molecule has 1 amide bonds. The van der Waals surface area contributed by atoms with E-state index in [1.165, 1.54) is 12.1 Å². The first-order chi connectivity index (χ1) is 14.2. The second kappa shape index (κ2) is 7.22. The Morgan fingerprint density at radius 3 is 2.79 bits per heavy atom. The molecule has 0 spiro atoms. The first-order valence-electron chi connectivity index (χ1n) is 9.26. The van der Waals surface area contributed by atoms with Gasteiger partial charge in [0.25, 0.3) is 5.91 Å². The van der Waals surface area contributed by atoms with Crippen LogP contribution >= 0.6 is 11.3 Å². The van der Waals surface area contributed by atoms with E-state index in [0.717, 1.165) is 39.5 Å². The van der Waals surface area contributed by atoms with Crippen molar-refractivity contribution in [2.45, 2.75) is 6.42 Å². The molecule has 0 unspecified atom stereocenters. The molecule has 1 aliphatic rings. The van der Waals surface area contributed by atoms with Gasteiger partial charge in [0, 0.05) is 41.1 Å².